The summed E-state index contributed by atoms with van der Waals surface area (Å²) in [5.74, 6) is 0. The van der Waals surface area contributed by atoms with Crippen LogP contribution in [-0.2, 0) is 13.4 Å². The number of hydrogen-bond acceptors (Lipinski definition) is 4. The van der Waals surface area contributed by atoms with Gasteiger partial charge in [0.2, 0.25) is 0 Å². The van der Waals surface area contributed by atoms with E-state index in [1.807, 2.05) is 0 Å². The number of unbranched alkanes of at least 4 members (excludes halogenated alkanes) is 1. The Hall–Kier alpha value is 0.300. The number of rotatable bonds is 4. The smallest absolute Gasteiger partial charge is 0.323 e. The molecule has 2 atom stereocenters. The maximum Gasteiger partial charge on any atom is 0.323 e. The highest BCUT2D eigenvalue weighted by molar-refractivity contribution is 7.46. The molecule has 0 saturated carbocycles. The van der Waals surface area contributed by atoms with Gasteiger partial charge in [-0.2, -0.15) is 0 Å². The fraction of sp³-hybridized carbons (Fsp3) is 1.00. The van der Waals surface area contributed by atoms with Gasteiger partial charge in [-0.1, -0.05) is 13.3 Å². The lowest BCUT2D eigenvalue weighted by molar-refractivity contribution is 0.287. The highest BCUT2D eigenvalue weighted by Gasteiger charge is 1.93. The summed E-state index contributed by atoms with van der Waals surface area (Å²) in [6.07, 6.45) is 2.04. The van der Waals surface area contributed by atoms with Gasteiger partial charge in [0.25, 0.3) is 0 Å². The van der Waals surface area contributed by atoms with Gasteiger partial charge < -0.3 is 14.9 Å². The number of aliphatic hydroxyl groups is 1. The summed E-state index contributed by atoms with van der Waals surface area (Å²) >= 11 is 0. The normalized spacial score (nSPS) is 14.3. The summed E-state index contributed by atoms with van der Waals surface area (Å²) in [5, 5.41) is 8.07. The Morgan fingerprint density at radius 2 is 1.67 bits per heavy atom. The monoisotopic (exact) mass is 220 g/mol. The van der Waals surface area contributed by atoms with Crippen LogP contribution in [0.1, 0.15) is 19.8 Å². The largest absolute Gasteiger partial charge is 0.396 e. The van der Waals surface area contributed by atoms with Crippen molar-refractivity contribution in [3.63, 3.8) is 0 Å². The van der Waals surface area contributed by atoms with Gasteiger partial charge in [0, 0.05) is 6.61 Å². The first-order chi connectivity index (χ1) is 5.54. The zero-order valence-electron chi connectivity index (χ0n) is 6.69. The van der Waals surface area contributed by atoms with Gasteiger partial charge in [-0.15, -0.1) is 0 Å². The summed E-state index contributed by atoms with van der Waals surface area (Å²) in [6, 6.07) is 0. The first-order valence-corrected chi connectivity index (χ1v) is 5.81. The third kappa shape index (κ3) is 22.4. The van der Waals surface area contributed by atoms with E-state index in [0.29, 0.717) is 6.61 Å². The van der Waals surface area contributed by atoms with Crippen molar-refractivity contribution in [2.45, 2.75) is 19.8 Å². The molecule has 0 heterocycles. The molecule has 0 bridgehead atoms. The molecule has 0 spiro atoms. The minimum absolute atomic E-state index is 0.344. The molecule has 0 aliphatic carbocycles. The molecule has 0 rings (SSSR count). The fourth-order valence-corrected chi connectivity index (χ4v) is 0.830. The van der Waals surface area contributed by atoms with Crippen molar-refractivity contribution in [1.29, 1.82) is 0 Å². The van der Waals surface area contributed by atoms with Gasteiger partial charge in [0.1, 0.15) is 0 Å². The minimum atomic E-state index is -3.20. The van der Waals surface area contributed by atoms with E-state index in [0.717, 1.165) is 12.8 Å². The predicted octanol–water partition coefficient (Wildman–Crippen LogP) is 0.546. The first kappa shape index (κ1) is 14.8. The quantitative estimate of drug-likeness (QED) is 0.597. The van der Waals surface area contributed by atoms with Gasteiger partial charge in [-0.3, -0.25) is 9.13 Å². The van der Waals surface area contributed by atoms with Crippen molar-refractivity contribution in [1.82, 2.24) is 0 Å². The van der Waals surface area contributed by atoms with Gasteiger partial charge in [0.05, 0.1) is 0 Å². The standard InChI is InChI=1S/C4H10O.H4O5P2/c1-2-3-4-5;1-6(2)5-7(3)4/h5H,2-4H2,1H3;6-7H,(H,1,2)(H,3,4). The molecule has 0 aliphatic rings. The van der Waals surface area contributed by atoms with E-state index in [9.17, 15) is 9.13 Å². The molecule has 0 radical (unpaired) electrons. The molecule has 0 aromatic rings. The molecule has 3 N–H and O–H groups in total. The van der Waals surface area contributed by atoms with Crippen LogP contribution in [-0.4, -0.2) is 21.5 Å². The molecule has 76 valence electrons. The Balaban J connectivity index is 0. The molecule has 6 nitrogen and oxygen atoms in total. The molecule has 2 unspecified atom stereocenters. The SMILES string of the molecule is CCCCO.O=[PH](O)O[PH](=O)O. The first-order valence-electron chi connectivity index (χ1n) is 3.29. The molecule has 0 aliphatic heterocycles. The predicted molar refractivity (Wildman–Crippen MR) is 45.5 cm³/mol. The summed E-state index contributed by atoms with van der Waals surface area (Å²) < 4.78 is 22.3. The van der Waals surface area contributed by atoms with Crippen LogP contribution >= 0.6 is 16.5 Å². The van der Waals surface area contributed by atoms with Crippen LogP contribution in [0.15, 0.2) is 0 Å². The lowest BCUT2D eigenvalue weighted by Crippen LogP contribution is -1.75. The van der Waals surface area contributed by atoms with E-state index in [1.165, 1.54) is 0 Å². The maximum absolute atomic E-state index is 9.44. The van der Waals surface area contributed by atoms with E-state index >= 15 is 0 Å². The molecule has 0 saturated heterocycles. The van der Waals surface area contributed by atoms with Crippen LogP contribution in [0.4, 0.5) is 0 Å². The van der Waals surface area contributed by atoms with Crippen LogP contribution < -0.4 is 0 Å². The van der Waals surface area contributed by atoms with Crippen molar-refractivity contribution in [3.8, 4) is 0 Å². The molecule has 12 heavy (non-hydrogen) atoms. The van der Waals surface area contributed by atoms with Gasteiger partial charge in [0.15, 0.2) is 0 Å². The number of aliphatic hydroxyl groups excluding tert-OH is 1. The van der Waals surface area contributed by atoms with E-state index in [1.54, 1.807) is 0 Å². The second-order valence-corrected chi connectivity index (χ2v) is 3.59. The fourth-order valence-electron chi connectivity index (χ4n) is 0.233. The van der Waals surface area contributed by atoms with E-state index in [2.05, 4.69) is 11.2 Å². The lowest BCUT2D eigenvalue weighted by atomic mass is 10.4. The summed E-state index contributed by atoms with van der Waals surface area (Å²) in [5.41, 5.74) is 0. The van der Waals surface area contributed by atoms with Crippen LogP contribution in [0, 0.1) is 0 Å². The Kier molecular flexibility index (Phi) is 13.9. The Bertz CT molecular complexity index is 124. The van der Waals surface area contributed by atoms with Crippen LogP contribution in [0.2, 0.25) is 0 Å². The second kappa shape index (κ2) is 11.3. The van der Waals surface area contributed by atoms with Crippen molar-refractivity contribution in [3.05, 3.63) is 0 Å². The summed E-state index contributed by atoms with van der Waals surface area (Å²) in [4.78, 5) is 15.4. The van der Waals surface area contributed by atoms with Crippen LogP contribution in [0.5, 0.6) is 0 Å². The highest BCUT2D eigenvalue weighted by Crippen LogP contribution is 2.30. The third-order valence-electron chi connectivity index (χ3n) is 0.686. The molecule has 0 aromatic carbocycles. The molecule has 8 heteroatoms. The van der Waals surface area contributed by atoms with Crippen molar-refractivity contribution in [2.75, 3.05) is 6.61 Å². The molecule has 0 aromatic heterocycles. The average molecular weight is 220 g/mol. The van der Waals surface area contributed by atoms with Crippen molar-refractivity contribution >= 4 is 16.5 Å². The van der Waals surface area contributed by atoms with Gasteiger partial charge in [-0.05, 0) is 6.42 Å². The Morgan fingerprint density at radius 1 is 1.25 bits per heavy atom. The number of hydrogen-bond donors (Lipinski definition) is 3. The molecule has 0 amide bonds. The van der Waals surface area contributed by atoms with E-state index in [4.69, 9.17) is 14.9 Å². The maximum atomic E-state index is 9.44. The molecule has 0 fully saturated rings. The third-order valence-corrected chi connectivity index (χ3v) is 2.08. The molecular weight excluding hydrogens is 206 g/mol. The van der Waals surface area contributed by atoms with E-state index < -0.39 is 16.5 Å². The Labute approximate surface area is 72.1 Å². The highest BCUT2D eigenvalue weighted by atomic mass is 31.2. The van der Waals surface area contributed by atoms with Crippen LogP contribution in [0.3, 0.4) is 0 Å². The zero-order valence-corrected chi connectivity index (χ0v) is 8.69. The summed E-state index contributed by atoms with van der Waals surface area (Å²) in [7, 11) is -6.40. The zero-order chi connectivity index (χ0) is 9.98. The minimum Gasteiger partial charge on any atom is -0.396 e. The second-order valence-electron chi connectivity index (χ2n) is 1.71. The topological polar surface area (TPSA) is 104 Å². The van der Waals surface area contributed by atoms with Gasteiger partial charge >= 0.3 is 16.5 Å². The summed E-state index contributed by atoms with van der Waals surface area (Å²) in [6.45, 7) is 2.40. The van der Waals surface area contributed by atoms with Crippen molar-refractivity contribution < 1.29 is 28.3 Å². The van der Waals surface area contributed by atoms with Crippen molar-refractivity contribution in [2.24, 2.45) is 0 Å². The Morgan fingerprint density at radius 3 is 1.67 bits per heavy atom. The van der Waals surface area contributed by atoms with Crippen LogP contribution in [0.25, 0.3) is 0 Å². The average Bonchev–Trinajstić information content (AvgIpc) is 1.87. The van der Waals surface area contributed by atoms with Gasteiger partial charge in [-0.25, -0.2) is 4.31 Å². The molecular formula is C4H14O6P2. The lowest BCUT2D eigenvalue weighted by Gasteiger charge is -1.86. The van der Waals surface area contributed by atoms with E-state index in [-0.39, 0.29) is 0 Å².